The molecule has 0 saturated carbocycles. The minimum absolute atomic E-state index is 0.687. The molecule has 22 heavy (non-hydrogen) atoms. The quantitative estimate of drug-likeness (QED) is 0.463. The molecule has 0 spiro atoms. The molecule has 0 aliphatic heterocycles. The SMILES string of the molecule is Brc1cc(Oc2ccccc2)c(Br)c(Oc2ccccc2)c1. The predicted molar refractivity (Wildman–Crippen MR) is 94.9 cm³/mol. The van der Waals surface area contributed by atoms with E-state index in [0.717, 1.165) is 20.4 Å². The second-order valence-electron chi connectivity index (χ2n) is 4.55. The summed E-state index contributed by atoms with van der Waals surface area (Å²) >= 11 is 7.05. The van der Waals surface area contributed by atoms with Crippen LogP contribution >= 0.6 is 31.9 Å². The molecule has 0 aliphatic carbocycles. The van der Waals surface area contributed by atoms with E-state index in [2.05, 4.69) is 31.9 Å². The number of hydrogen-bond acceptors (Lipinski definition) is 2. The van der Waals surface area contributed by atoms with Crippen molar-refractivity contribution in [3.63, 3.8) is 0 Å². The van der Waals surface area contributed by atoms with E-state index in [1.54, 1.807) is 0 Å². The highest BCUT2D eigenvalue weighted by molar-refractivity contribution is 9.11. The highest BCUT2D eigenvalue weighted by Gasteiger charge is 2.12. The molecule has 3 aromatic carbocycles. The summed E-state index contributed by atoms with van der Waals surface area (Å²) in [5, 5.41) is 0. The Kier molecular flexibility index (Phi) is 4.80. The van der Waals surface area contributed by atoms with Crippen molar-refractivity contribution >= 4 is 31.9 Å². The summed E-state index contributed by atoms with van der Waals surface area (Å²) in [7, 11) is 0. The van der Waals surface area contributed by atoms with Crippen molar-refractivity contribution in [2.24, 2.45) is 0 Å². The van der Waals surface area contributed by atoms with Gasteiger partial charge in [0.25, 0.3) is 0 Å². The van der Waals surface area contributed by atoms with Gasteiger partial charge < -0.3 is 9.47 Å². The van der Waals surface area contributed by atoms with Crippen LogP contribution in [0.15, 0.2) is 81.7 Å². The largest absolute Gasteiger partial charge is 0.456 e. The number of rotatable bonds is 4. The van der Waals surface area contributed by atoms with Crippen LogP contribution in [0.4, 0.5) is 0 Å². The van der Waals surface area contributed by atoms with Crippen molar-refractivity contribution in [3.05, 3.63) is 81.7 Å². The van der Waals surface area contributed by atoms with Crippen LogP contribution in [0.25, 0.3) is 0 Å². The first-order valence-electron chi connectivity index (χ1n) is 6.67. The maximum absolute atomic E-state index is 5.91. The van der Waals surface area contributed by atoms with E-state index in [1.165, 1.54) is 0 Å². The van der Waals surface area contributed by atoms with Crippen LogP contribution in [0, 0.1) is 0 Å². The van der Waals surface area contributed by atoms with Gasteiger partial charge >= 0.3 is 0 Å². The zero-order valence-corrected chi connectivity index (χ0v) is 14.7. The summed E-state index contributed by atoms with van der Waals surface area (Å²) in [5.41, 5.74) is 0. The fourth-order valence-corrected chi connectivity index (χ4v) is 2.73. The average molecular weight is 420 g/mol. The lowest BCUT2D eigenvalue weighted by atomic mass is 10.3. The second kappa shape index (κ2) is 6.99. The molecule has 0 atom stereocenters. The van der Waals surface area contributed by atoms with Crippen LogP contribution in [0.5, 0.6) is 23.0 Å². The molecule has 0 aromatic heterocycles. The van der Waals surface area contributed by atoms with Crippen molar-refractivity contribution in [2.45, 2.75) is 0 Å². The summed E-state index contributed by atoms with van der Waals surface area (Å²) in [6.07, 6.45) is 0. The second-order valence-corrected chi connectivity index (χ2v) is 6.25. The van der Waals surface area contributed by atoms with E-state index in [1.807, 2.05) is 72.8 Å². The van der Waals surface area contributed by atoms with Gasteiger partial charge in [-0.2, -0.15) is 0 Å². The number of halogens is 2. The van der Waals surface area contributed by atoms with Crippen LogP contribution in [0.2, 0.25) is 0 Å². The van der Waals surface area contributed by atoms with Gasteiger partial charge in [0.15, 0.2) is 0 Å². The van der Waals surface area contributed by atoms with Crippen LogP contribution < -0.4 is 9.47 Å². The molecule has 4 heteroatoms. The predicted octanol–water partition coefficient (Wildman–Crippen LogP) is 6.80. The van der Waals surface area contributed by atoms with Gasteiger partial charge in [-0.25, -0.2) is 0 Å². The summed E-state index contributed by atoms with van der Waals surface area (Å²) < 4.78 is 13.5. The Labute approximate surface area is 146 Å². The number of para-hydroxylation sites is 2. The van der Waals surface area contributed by atoms with Crippen molar-refractivity contribution in [3.8, 4) is 23.0 Å². The minimum Gasteiger partial charge on any atom is -0.456 e. The Bertz CT molecular complexity index is 696. The molecule has 110 valence electrons. The highest BCUT2D eigenvalue weighted by atomic mass is 79.9. The lowest BCUT2D eigenvalue weighted by Gasteiger charge is -2.13. The number of benzene rings is 3. The first-order chi connectivity index (χ1) is 10.7. The molecule has 3 aromatic rings. The van der Waals surface area contributed by atoms with E-state index in [9.17, 15) is 0 Å². The van der Waals surface area contributed by atoms with Gasteiger partial charge in [-0.1, -0.05) is 52.3 Å². The van der Waals surface area contributed by atoms with E-state index < -0.39 is 0 Å². The molecule has 0 aliphatic rings. The maximum atomic E-state index is 5.91. The van der Waals surface area contributed by atoms with Crippen LogP contribution in [-0.4, -0.2) is 0 Å². The molecule has 2 nitrogen and oxygen atoms in total. The Morgan fingerprint density at radius 3 is 1.41 bits per heavy atom. The van der Waals surface area contributed by atoms with Crippen molar-refractivity contribution < 1.29 is 9.47 Å². The van der Waals surface area contributed by atoms with Crippen LogP contribution in [-0.2, 0) is 0 Å². The van der Waals surface area contributed by atoms with Gasteiger partial charge in [0.2, 0.25) is 0 Å². The zero-order chi connectivity index (χ0) is 15.4. The average Bonchev–Trinajstić information content (AvgIpc) is 2.54. The zero-order valence-electron chi connectivity index (χ0n) is 11.5. The Morgan fingerprint density at radius 2 is 1.00 bits per heavy atom. The van der Waals surface area contributed by atoms with E-state index in [0.29, 0.717) is 11.5 Å². The normalized spacial score (nSPS) is 10.3. The number of hydrogen-bond donors (Lipinski definition) is 0. The van der Waals surface area contributed by atoms with Crippen molar-refractivity contribution in [1.29, 1.82) is 0 Å². The summed E-state index contributed by atoms with van der Waals surface area (Å²) in [5.74, 6) is 2.91. The van der Waals surface area contributed by atoms with Gasteiger partial charge in [0.05, 0.1) is 0 Å². The van der Waals surface area contributed by atoms with Gasteiger partial charge in [-0.3, -0.25) is 0 Å². The molecule has 3 rings (SSSR count). The van der Waals surface area contributed by atoms with E-state index in [4.69, 9.17) is 9.47 Å². The summed E-state index contributed by atoms with van der Waals surface area (Å²) in [4.78, 5) is 0. The highest BCUT2D eigenvalue weighted by Crippen LogP contribution is 2.41. The van der Waals surface area contributed by atoms with Crippen molar-refractivity contribution in [1.82, 2.24) is 0 Å². The van der Waals surface area contributed by atoms with Gasteiger partial charge in [0.1, 0.15) is 27.5 Å². The third kappa shape index (κ3) is 3.70. The smallest absolute Gasteiger partial charge is 0.146 e. The molecule has 0 N–H and O–H groups in total. The Morgan fingerprint density at radius 1 is 0.591 bits per heavy atom. The molecule has 0 bridgehead atoms. The molecule has 0 heterocycles. The van der Waals surface area contributed by atoms with Crippen molar-refractivity contribution in [2.75, 3.05) is 0 Å². The van der Waals surface area contributed by atoms with E-state index in [-0.39, 0.29) is 0 Å². The molecular weight excluding hydrogens is 408 g/mol. The summed E-state index contributed by atoms with van der Waals surface area (Å²) in [6, 6.07) is 23.1. The maximum Gasteiger partial charge on any atom is 0.146 e. The standard InChI is InChI=1S/C18H12Br2O2/c19-13-11-16(21-14-7-3-1-4-8-14)18(20)17(12-13)22-15-9-5-2-6-10-15/h1-12H. The van der Waals surface area contributed by atoms with Crippen LogP contribution in [0.1, 0.15) is 0 Å². The molecule has 0 unspecified atom stereocenters. The molecule has 0 amide bonds. The molecular formula is C18H12Br2O2. The topological polar surface area (TPSA) is 18.5 Å². The molecule has 0 saturated heterocycles. The Hall–Kier alpha value is -1.78. The monoisotopic (exact) mass is 418 g/mol. The lowest BCUT2D eigenvalue weighted by Crippen LogP contribution is -1.90. The first-order valence-corrected chi connectivity index (χ1v) is 8.26. The van der Waals surface area contributed by atoms with Gasteiger partial charge in [-0.15, -0.1) is 0 Å². The molecule has 0 fully saturated rings. The van der Waals surface area contributed by atoms with Gasteiger partial charge in [-0.05, 0) is 52.3 Å². The third-order valence-electron chi connectivity index (χ3n) is 2.91. The lowest BCUT2D eigenvalue weighted by molar-refractivity contribution is 0.454. The number of ether oxygens (including phenoxy) is 2. The first kappa shape index (κ1) is 15.1. The van der Waals surface area contributed by atoms with E-state index >= 15 is 0 Å². The summed E-state index contributed by atoms with van der Waals surface area (Å²) in [6.45, 7) is 0. The Balaban J connectivity index is 1.92. The molecule has 0 radical (unpaired) electrons. The third-order valence-corrected chi connectivity index (χ3v) is 4.15. The van der Waals surface area contributed by atoms with Gasteiger partial charge in [0, 0.05) is 4.47 Å². The van der Waals surface area contributed by atoms with Crippen LogP contribution in [0.3, 0.4) is 0 Å². The fraction of sp³-hybridized carbons (Fsp3) is 0. The fourth-order valence-electron chi connectivity index (χ4n) is 1.92. The minimum atomic E-state index is 0.687.